The van der Waals surface area contributed by atoms with Gasteiger partial charge < -0.3 is 43.2 Å². The molecule has 15 nitrogen and oxygen atoms in total. The van der Waals surface area contributed by atoms with E-state index in [-0.39, 0.29) is 52.2 Å². The van der Waals surface area contributed by atoms with Crippen molar-refractivity contribution in [3.8, 4) is 5.75 Å². The summed E-state index contributed by atoms with van der Waals surface area (Å²) in [6, 6.07) is 2.37. The van der Waals surface area contributed by atoms with E-state index in [0.717, 1.165) is 31.4 Å². The lowest BCUT2D eigenvalue weighted by Crippen LogP contribution is -2.71. The van der Waals surface area contributed by atoms with Gasteiger partial charge in [0.1, 0.15) is 24.5 Å². The highest BCUT2D eigenvalue weighted by Gasteiger charge is 2.60. The molecular formula is C48H85N5O10Si3. The number of aromatic hydroxyl groups is 1. The number of nitrogens with one attached hydrogen (secondary N) is 2. The van der Waals surface area contributed by atoms with Crippen LogP contribution < -0.4 is 10.6 Å². The number of hydrogen-bond donors (Lipinski definition) is 3. The summed E-state index contributed by atoms with van der Waals surface area (Å²) in [7, 11) is -5.53. The van der Waals surface area contributed by atoms with Gasteiger partial charge in [0.05, 0.1) is 31.1 Å². The summed E-state index contributed by atoms with van der Waals surface area (Å²) in [5.74, 6) is -3.03. The maximum absolute atomic E-state index is 14.6. The number of rotatable bonds is 17. The largest absolute Gasteiger partial charge is 0.507 e. The summed E-state index contributed by atoms with van der Waals surface area (Å²) in [5, 5.41) is 25.0. The average molecular weight is 976 g/mol. The first-order chi connectivity index (χ1) is 30.2. The minimum atomic E-state index is -2.82. The molecule has 1 aromatic carbocycles. The Morgan fingerprint density at radius 2 is 1.41 bits per heavy atom. The second kappa shape index (κ2) is 20.9. The molecule has 18 heteroatoms. The lowest BCUT2D eigenvalue weighted by Gasteiger charge is -2.54. The first-order valence-electron chi connectivity index (χ1n) is 23.8. The summed E-state index contributed by atoms with van der Waals surface area (Å²) in [5.41, 5.74) is 2.41. The lowest BCUT2D eigenvalue weighted by molar-refractivity contribution is -0.301. The molecule has 1 saturated carbocycles. The molecule has 66 heavy (non-hydrogen) atoms. The number of hydrogen-bond acceptors (Lipinski definition) is 12. The number of methoxy groups -OCH3 is 2. The zero-order valence-electron chi connectivity index (χ0n) is 43.8. The van der Waals surface area contributed by atoms with Gasteiger partial charge in [-0.15, -0.1) is 5.10 Å². The lowest BCUT2D eigenvalue weighted by atomic mass is 9.87. The maximum atomic E-state index is 14.6. The number of phenolic OH excluding ortho intramolecular Hbond substituents is 1. The molecule has 2 aromatic rings. The highest BCUT2D eigenvalue weighted by atomic mass is 28.4. The number of esters is 1. The zero-order valence-corrected chi connectivity index (χ0v) is 46.8. The van der Waals surface area contributed by atoms with Crippen LogP contribution in [0.15, 0.2) is 18.3 Å². The Bertz CT molecular complexity index is 1980. The maximum Gasteiger partial charge on any atom is 0.366 e. The molecule has 6 atom stereocenters. The summed E-state index contributed by atoms with van der Waals surface area (Å²) in [6.07, 6.45) is 3.42. The molecule has 0 spiro atoms. The molecule has 2 amide bonds. The molecule has 374 valence electrons. The predicted molar refractivity (Wildman–Crippen MR) is 265 cm³/mol. The van der Waals surface area contributed by atoms with Gasteiger partial charge in [-0.05, 0) is 104 Å². The van der Waals surface area contributed by atoms with E-state index < -0.39 is 67.2 Å². The molecule has 0 radical (unpaired) electrons. The minimum absolute atomic E-state index is 0.0288. The van der Waals surface area contributed by atoms with Crippen LogP contribution >= 0.6 is 0 Å². The third-order valence-corrected chi connectivity index (χ3v) is 28.7. The van der Waals surface area contributed by atoms with Crippen LogP contribution in [0.1, 0.15) is 134 Å². The fourth-order valence-corrected chi connectivity index (χ4v) is 11.9. The normalized spacial score (nSPS) is 22.7. The number of aryl methyl sites for hydroxylation is 2. The Kier molecular flexibility index (Phi) is 17.6. The van der Waals surface area contributed by atoms with Crippen LogP contribution in [0.4, 0.5) is 0 Å². The molecular weight excluding hydrogens is 891 g/mol. The number of ether oxygens (including phenoxy) is 3. The van der Waals surface area contributed by atoms with Crippen molar-refractivity contribution < 1.29 is 47.0 Å². The van der Waals surface area contributed by atoms with Crippen LogP contribution in [0.3, 0.4) is 0 Å². The van der Waals surface area contributed by atoms with Gasteiger partial charge in [0.2, 0.25) is 5.91 Å². The topological polar surface area (TPSA) is 182 Å². The van der Waals surface area contributed by atoms with E-state index in [4.69, 9.17) is 27.5 Å². The van der Waals surface area contributed by atoms with Gasteiger partial charge in [-0.25, -0.2) is 9.48 Å². The quantitative estimate of drug-likeness (QED) is 0.101. The van der Waals surface area contributed by atoms with E-state index in [1.807, 2.05) is 6.20 Å². The zero-order chi connectivity index (χ0) is 50.0. The van der Waals surface area contributed by atoms with Crippen molar-refractivity contribution in [2.75, 3.05) is 20.8 Å². The highest BCUT2D eigenvalue weighted by Crippen LogP contribution is 2.46. The van der Waals surface area contributed by atoms with Crippen LogP contribution in [0.2, 0.25) is 54.4 Å². The molecule has 2 fully saturated rings. The number of phenols is 1. The molecule has 1 aliphatic carbocycles. The van der Waals surface area contributed by atoms with E-state index in [1.54, 1.807) is 30.7 Å². The van der Waals surface area contributed by atoms with Crippen molar-refractivity contribution >= 4 is 42.7 Å². The van der Waals surface area contributed by atoms with Crippen molar-refractivity contribution in [3.63, 3.8) is 0 Å². The molecule has 3 N–H and O–H groups in total. The van der Waals surface area contributed by atoms with E-state index in [1.165, 1.54) is 20.6 Å². The van der Waals surface area contributed by atoms with Gasteiger partial charge in [0.15, 0.2) is 25.0 Å². The standard InChI is InChI=1S/C48H85N5O10Si3/c1-31-25-34(26-32(2)40(31)55)43(56)49-28-37(62-65(16,17)46(6,7)8)41(63-66(18,19)47(9,10)11)42-39(50-38(54)30-53-29-35(51-52-53)33-23-21-20-22-24-33)36(61-64(14,15)45(3,4)5)27-48(59-13,60-42)44(57)58-12/h25-26,29,33,36-37,39,41-42,55H,20-24,27-28,30H2,1-19H3,(H,49,56)(H,50,54)/t36-,37+,39+,41+,42+,48+/m0/s1. The molecule has 2 aliphatic rings. The average Bonchev–Trinajstić information content (AvgIpc) is 3.67. The molecule has 4 rings (SSSR count). The second-order valence-corrected chi connectivity index (χ2v) is 37.6. The first-order valence-corrected chi connectivity index (χ1v) is 32.5. The van der Waals surface area contributed by atoms with Gasteiger partial charge in [-0.3, -0.25) is 9.59 Å². The second-order valence-electron chi connectivity index (χ2n) is 23.3. The Hall–Kier alpha value is -2.98. The van der Waals surface area contributed by atoms with Gasteiger partial charge in [0, 0.05) is 37.8 Å². The van der Waals surface area contributed by atoms with Gasteiger partial charge in [-0.2, -0.15) is 0 Å². The highest BCUT2D eigenvalue weighted by molar-refractivity contribution is 6.75. The van der Waals surface area contributed by atoms with Crippen LogP contribution in [0, 0.1) is 13.8 Å². The molecule has 1 aromatic heterocycles. The number of aromatic nitrogens is 3. The Morgan fingerprint density at radius 3 is 1.92 bits per heavy atom. The summed E-state index contributed by atoms with van der Waals surface area (Å²) >= 11 is 0. The van der Waals surface area contributed by atoms with Crippen LogP contribution in [-0.2, 0) is 43.6 Å². The summed E-state index contributed by atoms with van der Waals surface area (Å²) in [4.78, 5) is 43.0. The van der Waals surface area contributed by atoms with Crippen molar-refractivity contribution in [2.45, 2.75) is 218 Å². The number of nitrogens with zero attached hydrogens (tertiary/aromatic N) is 3. The van der Waals surface area contributed by atoms with Crippen LogP contribution in [-0.4, -0.2) is 120 Å². The third kappa shape index (κ3) is 13.0. The summed E-state index contributed by atoms with van der Waals surface area (Å²) < 4.78 is 42.4. The van der Waals surface area contributed by atoms with Crippen molar-refractivity contribution in [2.24, 2.45) is 0 Å². The van der Waals surface area contributed by atoms with Gasteiger partial charge in [-0.1, -0.05) is 86.8 Å². The van der Waals surface area contributed by atoms with Gasteiger partial charge >= 0.3 is 5.97 Å². The molecule has 1 saturated heterocycles. The predicted octanol–water partition coefficient (Wildman–Crippen LogP) is 9.04. The first kappa shape index (κ1) is 55.6. The molecule has 1 aliphatic heterocycles. The van der Waals surface area contributed by atoms with Crippen molar-refractivity contribution in [1.82, 2.24) is 25.6 Å². The Balaban J connectivity index is 1.97. The minimum Gasteiger partial charge on any atom is -0.507 e. The van der Waals surface area contributed by atoms with Gasteiger partial charge in [0.25, 0.3) is 11.7 Å². The number of carbonyl (C=O) groups is 3. The smallest absolute Gasteiger partial charge is 0.366 e. The van der Waals surface area contributed by atoms with E-state index in [9.17, 15) is 19.5 Å². The molecule has 2 heterocycles. The Labute approximate surface area is 398 Å². The van der Waals surface area contributed by atoms with Crippen LogP contribution in [0.25, 0.3) is 0 Å². The Morgan fingerprint density at radius 1 is 0.864 bits per heavy atom. The number of benzene rings is 1. The summed E-state index contributed by atoms with van der Waals surface area (Å²) in [6.45, 7) is 35.4. The number of amides is 2. The van der Waals surface area contributed by atoms with Crippen LogP contribution in [0.5, 0.6) is 5.75 Å². The number of carbonyl (C=O) groups excluding carboxylic acids is 3. The van der Waals surface area contributed by atoms with Crippen molar-refractivity contribution in [3.05, 3.63) is 40.7 Å². The van der Waals surface area contributed by atoms with E-state index in [0.29, 0.717) is 22.6 Å². The monoisotopic (exact) mass is 976 g/mol. The van der Waals surface area contributed by atoms with Crippen molar-refractivity contribution in [1.29, 1.82) is 0 Å². The fraction of sp³-hybridized carbons (Fsp3) is 0.771. The molecule has 0 bridgehead atoms. The van der Waals surface area contributed by atoms with E-state index >= 15 is 0 Å². The fourth-order valence-electron chi connectivity index (χ4n) is 7.95. The SMILES string of the molecule is COC(=O)[C@@]1(OC)C[C@H](O[Si](C)(C)C(C)(C)C)[C@@H](NC(=O)Cn2cc(C3CCCCC3)nn2)[C@H]([C@H](O[Si](C)(C)C(C)(C)C)[C@@H](CNC(=O)c2cc(C)c(O)c(C)c2)O[Si](C)(C)C(C)(C)C)O1. The molecule has 0 unspecified atom stereocenters. The third-order valence-electron chi connectivity index (χ3n) is 15.2. The van der Waals surface area contributed by atoms with E-state index in [2.05, 4.69) is 123 Å².